The van der Waals surface area contributed by atoms with Crippen LogP contribution in [0.3, 0.4) is 0 Å². The topological polar surface area (TPSA) is 26.0 Å². The number of hydrogen-bond acceptors (Lipinski definition) is 2. The summed E-state index contributed by atoms with van der Waals surface area (Å²) in [5, 5.41) is 4.74. The Labute approximate surface area is 182 Å². The number of aromatic nitrogens is 1. The molecule has 0 saturated carbocycles. The molecule has 0 unspecified atom stereocenters. The number of rotatable bonds is 3. The van der Waals surface area contributed by atoms with Gasteiger partial charge in [-0.25, -0.2) is 0 Å². The predicted molar refractivity (Wildman–Crippen MR) is 130 cm³/mol. The molecule has 2 heteroatoms. The van der Waals surface area contributed by atoms with E-state index in [1.54, 1.807) is 0 Å². The maximum Gasteiger partial charge on any atom is 0.144 e. The first-order valence-corrected chi connectivity index (χ1v) is 11.2. The monoisotopic (exact) mass is 403 g/mol. The van der Waals surface area contributed by atoms with Gasteiger partial charge in [0.15, 0.2) is 0 Å². The quantitative estimate of drug-likeness (QED) is 0.302. The maximum absolute atomic E-state index is 6.38. The van der Waals surface area contributed by atoms with Gasteiger partial charge in [-0.05, 0) is 77.6 Å². The number of nitrogens with zero attached hydrogens (tertiary/aromatic N) is 1. The highest BCUT2D eigenvalue weighted by molar-refractivity contribution is 6.12. The molecule has 3 aromatic carbocycles. The minimum absolute atomic E-state index is 0.424. The van der Waals surface area contributed by atoms with Crippen molar-refractivity contribution in [1.82, 2.24) is 4.98 Å². The molecule has 0 N–H and O–H groups in total. The van der Waals surface area contributed by atoms with Crippen LogP contribution >= 0.6 is 0 Å². The molecule has 0 radical (unpaired) electrons. The molecule has 0 aliphatic heterocycles. The van der Waals surface area contributed by atoms with E-state index in [-0.39, 0.29) is 0 Å². The van der Waals surface area contributed by atoms with Gasteiger partial charge in [-0.1, -0.05) is 50.3 Å². The van der Waals surface area contributed by atoms with Gasteiger partial charge in [-0.15, -0.1) is 0 Å². The Morgan fingerprint density at radius 3 is 2.65 bits per heavy atom. The fourth-order valence-corrected chi connectivity index (χ4v) is 4.88. The van der Waals surface area contributed by atoms with Crippen molar-refractivity contribution in [1.29, 1.82) is 0 Å². The van der Waals surface area contributed by atoms with Gasteiger partial charge in [-0.2, -0.15) is 0 Å². The zero-order valence-electron chi connectivity index (χ0n) is 18.0. The van der Waals surface area contributed by atoms with E-state index in [2.05, 4.69) is 68.5 Å². The Morgan fingerprint density at radius 1 is 0.903 bits per heavy atom. The van der Waals surface area contributed by atoms with E-state index in [0.29, 0.717) is 5.92 Å². The summed E-state index contributed by atoms with van der Waals surface area (Å²) in [5.41, 5.74) is 8.05. The molecule has 2 nitrogen and oxygen atoms in total. The van der Waals surface area contributed by atoms with Gasteiger partial charge in [0.25, 0.3) is 0 Å². The molecule has 0 saturated heterocycles. The second kappa shape index (κ2) is 7.09. The zero-order valence-corrected chi connectivity index (χ0v) is 18.0. The minimum atomic E-state index is 0.424. The lowest BCUT2D eigenvalue weighted by Gasteiger charge is -2.12. The van der Waals surface area contributed by atoms with Gasteiger partial charge >= 0.3 is 0 Å². The Balaban J connectivity index is 1.64. The minimum Gasteiger partial charge on any atom is -0.455 e. The number of allylic oxidation sites excluding steroid dienone is 2. The van der Waals surface area contributed by atoms with Gasteiger partial charge in [0.1, 0.15) is 11.2 Å². The number of furan rings is 1. The number of para-hydroxylation sites is 1. The van der Waals surface area contributed by atoms with Gasteiger partial charge in [0.2, 0.25) is 0 Å². The van der Waals surface area contributed by atoms with Gasteiger partial charge in [0, 0.05) is 27.9 Å². The van der Waals surface area contributed by atoms with Crippen molar-refractivity contribution in [2.45, 2.75) is 39.0 Å². The lowest BCUT2D eigenvalue weighted by Crippen LogP contribution is -1.92. The van der Waals surface area contributed by atoms with Crippen LogP contribution < -0.4 is 0 Å². The predicted octanol–water partition coefficient (Wildman–Crippen LogP) is 8.49. The van der Waals surface area contributed by atoms with Crippen molar-refractivity contribution >= 4 is 38.3 Å². The molecule has 0 spiro atoms. The summed E-state index contributed by atoms with van der Waals surface area (Å²) < 4.78 is 6.38. The first kappa shape index (κ1) is 18.4. The second-order valence-electron chi connectivity index (χ2n) is 8.92. The van der Waals surface area contributed by atoms with E-state index in [9.17, 15) is 0 Å². The van der Waals surface area contributed by atoms with Crippen LogP contribution in [0.1, 0.15) is 50.2 Å². The third-order valence-corrected chi connectivity index (χ3v) is 6.60. The Kier molecular flexibility index (Phi) is 4.21. The SMILES string of the molecule is CC(C)c1cc(-c2nccc3cc(C4=CCCC4)ccc23)c2oc3ccccc3c2c1. The van der Waals surface area contributed by atoms with Crippen LogP contribution in [0.25, 0.3) is 49.5 Å². The Hall–Kier alpha value is -3.39. The fraction of sp³-hybridized carbons (Fsp3) is 0.207. The second-order valence-corrected chi connectivity index (χ2v) is 8.92. The van der Waals surface area contributed by atoms with Gasteiger partial charge in [0.05, 0.1) is 5.69 Å². The summed E-state index contributed by atoms with van der Waals surface area (Å²) in [6.45, 7) is 4.48. The summed E-state index contributed by atoms with van der Waals surface area (Å²) in [6.07, 6.45) is 7.95. The highest BCUT2D eigenvalue weighted by atomic mass is 16.3. The summed E-state index contributed by atoms with van der Waals surface area (Å²) in [6, 6.07) is 21.8. The van der Waals surface area contributed by atoms with Crippen LogP contribution in [0.2, 0.25) is 0 Å². The van der Waals surface area contributed by atoms with Crippen LogP contribution in [0.5, 0.6) is 0 Å². The maximum atomic E-state index is 6.38. The molecule has 6 rings (SSSR count). The van der Waals surface area contributed by atoms with Crippen molar-refractivity contribution in [2.24, 2.45) is 0 Å². The fourth-order valence-electron chi connectivity index (χ4n) is 4.88. The summed E-state index contributed by atoms with van der Waals surface area (Å²) >= 11 is 0. The highest BCUT2D eigenvalue weighted by Crippen LogP contribution is 2.40. The molecule has 152 valence electrons. The highest BCUT2D eigenvalue weighted by Gasteiger charge is 2.18. The molecule has 0 amide bonds. The third-order valence-electron chi connectivity index (χ3n) is 6.60. The average molecular weight is 404 g/mol. The largest absolute Gasteiger partial charge is 0.455 e. The van der Waals surface area contributed by atoms with Gasteiger partial charge in [-0.3, -0.25) is 4.98 Å². The summed E-state index contributed by atoms with van der Waals surface area (Å²) in [5.74, 6) is 0.424. The van der Waals surface area contributed by atoms with Crippen molar-refractivity contribution in [2.75, 3.05) is 0 Å². The van der Waals surface area contributed by atoms with Crippen molar-refractivity contribution in [3.63, 3.8) is 0 Å². The number of hydrogen-bond donors (Lipinski definition) is 0. The lowest BCUT2D eigenvalue weighted by atomic mass is 9.93. The van der Waals surface area contributed by atoms with Crippen LogP contribution in [-0.4, -0.2) is 4.98 Å². The molecular formula is C29H25NO. The smallest absolute Gasteiger partial charge is 0.144 e. The normalized spacial score (nSPS) is 14.2. The molecule has 2 heterocycles. The molecular weight excluding hydrogens is 378 g/mol. The first-order chi connectivity index (χ1) is 15.2. The zero-order chi connectivity index (χ0) is 20.9. The average Bonchev–Trinajstić information content (AvgIpc) is 3.46. The molecule has 1 aliphatic rings. The number of benzene rings is 3. The molecule has 0 bridgehead atoms. The summed E-state index contributed by atoms with van der Waals surface area (Å²) in [4.78, 5) is 4.85. The van der Waals surface area contributed by atoms with E-state index in [4.69, 9.17) is 9.40 Å². The molecule has 0 fully saturated rings. The first-order valence-electron chi connectivity index (χ1n) is 11.2. The molecule has 5 aromatic rings. The van der Waals surface area contributed by atoms with Crippen LogP contribution in [0.15, 0.2) is 77.4 Å². The van der Waals surface area contributed by atoms with Crippen LogP contribution in [0.4, 0.5) is 0 Å². The number of pyridine rings is 1. The van der Waals surface area contributed by atoms with E-state index in [0.717, 1.165) is 27.8 Å². The van der Waals surface area contributed by atoms with Crippen molar-refractivity contribution < 1.29 is 4.42 Å². The van der Waals surface area contributed by atoms with Crippen molar-refractivity contribution in [3.8, 4) is 11.3 Å². The van der Waals surface area contributed by atoms with Crippen LogP contribution in [0, 0.1) is 0 Å². The van der Waals surface area contributed by atoms with E-state index in [1.807, 2.05) is 18.3 Å². The van der Waals surface area contributed by atoms with E-state index in [1.165, 1.54) is 52.1 Å². The molecule has 0 atom stereocenters. The van der Waals surface area contributed by atoms with Gasteiger partial charge < -0.3 is 4.42 Å². The third kappa shape index (κ3) is 2.97. The van der Waals surface area contributed by atoms with Crippen LogP contribution in [-0.2, 0) is 0 Å². The summed E-state index contributed by atoms with van der Waals surface area (Å²) in [7, 11) is 0. The Bertz CT molecular complexity index is 1490. The Morgan fingerprint density at radius 2 is 1.81 bits per heavy atom. The van der Waals surface area contributed by atoms with Crippen molar-refractivity contribution in [3.05, 3.63) is 84.1 Å². The van der Waals surface area contributed by atoms with E-state index >= 15 is 0 Å². The molecule has 31 heavy (non-hydrogen) atoms. The standard InChI is InChI=1S/C29H25NO/c1-18(2)22-16-25-24-9-5-6-10-27(24)31-29(25)26(17-22)28-23-12-11-20(19-7-3-4-8-19)15-21(23)13-14-30-28/h5-7,9-18H,3-4,8H2,1-2H3. The number of fused-ring (bicyclic) bond motifs is 4. The molecule has 2 aromatic heterocycles. The molecule has 1 aliphatic carbocycles. The lowest BCUT2D eigenvalue weighted by molar-refractivity contribution is 0.669. The van der Waals surface area contributed by atoms with E-state index < -0.39 is 0 Å².